The van der Waals surface area contributed by atoms with Crippen LogP contribution in [0.1, 0.15) is 52.0 Å². The highest BCUT2D eigenvalue weighted by atomic mass is 19.1. The third-order valence-corrected chi connectivity index (χ3v) is 7.85. The second-order valence-corrected chi connectivity index (χ2v) is 10.6. The molecule has 208 valence electrons. The van der Waals surface area contributed by atoms with Crippen LogP contribution >= 0.6 is 0 Å². The second kappa shape index (κ2) is 12.3. The van der Waals surface area contributed by atoms with Gasteiger partial charge in [-0.2, -0.15) is 0 Å². The number of piperazine rings is 1. The standard InChI is InChI=1S/C32H35FN4O3/c1-35(22-23-9-3-2-4-10-23)32(40)27-21-25(34-30(38)26-13-7-8-14-28(26)33)15-16-29(27)36-17-19-37(20-18-36)31(39)24-11-5-6-12-24/h2-4,7-10,13-16,21,24H,5-6,11-12,17-20,22H2,1H3,(H,34,38). The van der Waals surface area contributed by atoms with E-state index in [1.54, 1.807) is 30.1 Å². The number of amides is 3. The van der Waals surface area contributed by atoms with E-state index in [1.165, 1.54) is 18.2 Å². The van der Waals surface area contributed by atoms with E-state index in [2.05, 4.69) is 10.2 Å². The third-order valence-electron chi connectivity index (χ3n) is 7.85. The number of halogens is 1. The summed E-state index contributed by atoms with van der Waals surface area (Å²) in [5, 5.41) is 2.75. The van der Waals surface area contributed by atoms with Gasteiger partial charge in [-0.05, 0) is 48.7 Å². The Labute approximate surface area is 234 Å². The fourth-order valence-electron chi connectivity index (χ4n) is 5.64. The SMILES string of the molecule is CN(Cc1ccccc1)C(=O)c1cc(NC(=O)c2ccccc2F)ccc1N1CCN(C(=O)C2CCCC2)CC1. The zero-order chi connectivity index (χ0) is 28.1. The first kappa shape index (κ1) is 27.4. The minimum Gasteiger partial charge on any atom is -0.367 e. The monoisotopic (exact) mass is 542 g/mol. The Morgan fingerprint density at radius 3 is 2.25 bits per heavy atom. The van der Waals surface area contributed by atoms with Gasteiger partial charge in [0.2, 0.25) is 5.91 Å². The van der Waals surface area contributed by atoms with Crippen LogP contribution in [-0.4, -0.2) is 60.7 Å². The van der Waals surface area contributed by atoms with E-state index in [0.717, 1.165) is 36.9 Å². The number of carbonyl (C=O) groups is 3. The quantitative estimate of drug-likeness (QED) is 0.446. The number of anilines is 2. The Morgan fingerprint density at radius 2 is 1.55 bits per heavy atom. The molecule has 1 N–H and O–H groups in total. The highest BCUT2D eigenvalue weighted by Crippen LogP contribution is 2.30. The van der Waals surface area contributed by atoms with Crippen LogP contribution in [0.4, 0.5) is 15.8 Å². The molecular weight excluding hydrogens is 507 g/mol. The van der Waals surface area contributed by atoms with Gasteiger partial charge < -0.3 is 20.0 Å². The molecule has 5 rings (SSSR count). The molecular formula is C32H35FN4O3. The maximum absolute atomic E-state index is 14.2. The molecule has 1 aliphatic heterocycles. The van der Waals surface area contributed by atoms with Crippen molar-refractivity contribution < 1.29 is 18.8 Å². The topological polar surface area (TPSA) is 73.0 Å². The van der Waals surface area contributed by atoms with Gasteiger partial charge in [-0.15, -0.1) is 0 Å². The molecule has 2 fully saturated rings. The molecule has 0 radical (unpaired) electrons. The summed E-state index contributed by atoms with van der Waals surface area (Å²) in [6.45, 7) is 2.86. The van der Waals surface area contributed by atoms with Crippen molar-refractivity contribution in [1.29, 1.82) is 0 Å². The Kier molecular flexibility index (Phi) is 8.43. The highest BCUT2D eigenvalue weighted by Gasteiger charge is 2.31. The Balaban J connectivity index is 1.37. The molecule has 0 aromatic heterocycles. The van der Waals surface area contributed by atoms with Crippen LogP contribution in [0.2, 0.25) is 0 Å². The van der Waals surface area contributed by atoms with Gasteiger partial charge in [0.15, 0.2) is 0 Å². The van der Waals surface area contributed by atoms with Crippen LogP contribution < -0.4 is 10.2 Å². The van der Waals surface area contributed by atoms with E-state index in [0.29, 0.717) is 44.0 Å². The Morgan fingerprint density at radius 1 is 0.875 bits per heavy atom. The molecule has 1 saturated heterocycles. The predicted molar refractivity (Wildman–Crippen MR) is 154 cm³/mol. The highest BCUT2D eigenvalue weighted by molar-refractivity contribution is 6.06. The van der Waals surface area contributed by atoms with Gasteiger partial charge >= 0.3 is 0 Å². The average Bonchev–Trinajstić information content (AvgIpc) is 3.52. The first-order valence-corrected chi connectivity index (χ1v) is 13.9. The van der Waals surface area contributed by atoms with Crippen LogP contribution in [0.5, 0.6) is 0 Å². The summed E-state index contributed by atoms with van der Waals surface area (Å²) in [6.07, 6.45) is 4.20. The summed E-state index contributed by atoms with van der Waals surface area (Å²) < 4.78 is 14.2. The number of benzene rings is 3. The zero-order valence-electron chi connectivity index (χ0n) is 22.8. The van der Waals surface area contributed by atoms with E-state index in [-0.39, 0.29) is 23.3 Å². The Hall–Kier alpha value is -4.20. The van der Waals surface area contributed by atoms with Crippen molar-refractivity contribution in [3.05, 3.63) is 95.3 Å². The fraction of sp³-hybridized carbons (Fsp3) is 0.344. The van der Waals surface area contributed by atoms with Crippen molar-refractivity contribution >= 4 is 29.1 Å². The minimum atomic E-state index is -0.611. The molecule has 1 heterocycles. The van der Waals surface area contributed by atoms with Crippen LogP contribution in [0.25, 0.3) is 0 Å². The van der Waals surface area contributed by atoms with E-state index >= 15 is 0 Å². The first-order valence-electron chi connectivity index (χ1n) is 13.9. The van der Waals surface area contributed by atoms with Gasteiger partial charge in [0, 0.05) is 57.1 Å². The first-order chi connectivity index (χ1) is 19.4. The predicted octanol–water partition coefficient (Wildman–Crippen LogP) is 5.19. The summed E-state index contributed by atoms with van der Waals surface area (Å²) in [7, 11) is 1.75. The summed E-state index contributed by atoms with van der Waals surface area (Å²) in [5.74, 6) is -0.985. The summed E-state index contributed by atoms with van der Waals surface area (Å²) in [6, 6.07) is 20.8. The molecule has 7 nitrogen and oxygen atoms in total. The maximum atomic E-state index is 14.2. The average molecular weight is 543 g/mol. The van der Waals surface area contributed by atoms with E-state index in [4.69, 9.17) is 0 Å². The van der Waals surface area contributed by atoms with Gasteiger partial charge in [0.25, 0.3) is 11.8 Å². The molecule has 0 unspecified atom stereocenters. The van der Waals surface area contributed by atoms with Gasteiger partial charge in [-0.25, -0.2) is 4.39 Å². The number of hydrogen-bond donors (Lipinski definition) is 1. The molecule has 2 aliphatic rings. The molecule has 1 saturated carbocycles. The lowest BCUT2D eigenvalue weighted by atomic mass is 10.0. The van der Waals surface area contributed by atoms with Gasteiger partial charge in [-0.3, -0.25) is 14.4 Å². The molecule has 3 amide bonds. The molecule has 3 aromatic carbocycles. The van der Waals surface area contributed by atoms with Gasteiger partial charge in [0.1, 0.15) is 5.82 Å². The van der Waals surface area contributed by atoms with Crippen molar-refractivity contribution in [2.75, 3.05) is 43.4 Å². The van der Waals surface area contributed by atoms with Crippen molar-refractivity contribution in [3.63, 3.8) is 0 Å². The number of rotatable bonds is 7. The maximum Gasteiger partial charge on any atom is 0.258 e. The number of nitrogens with zero attached hydrogens (tertiary/aromatic N) is 3. The number of carbonyl (C=O) groups excluding carboxylic acids is 3. The number of nitrogens with one attached hydrogen (secondary N) is 1. The lowest BCUT2D eigenvalue weighted by molar-refractivity contribution is -0.135. The van der Waals surface area contributed by atoms with Crippen molar-refractivity contribution in [2.45, 2.75) is 32.2 Å². The van der Waals surface area contributed by atoms with Gasteiger partial charge in [0.05, 0.1) is 11.1 Å². The molecule has 40 heavy (non-hydrogen) atoms. The molecule has 0 spiro atoms. The molecule has 3 aromatic rings. The van der Waals surface area contributed by atoms with Crippen LogP contribution in [0.3, 0.4) is 0 Å². The lowest BCUT2D eigenvalue weighted by Crippen LogP contribution is -2.50. The molecule has 1 aliphatic carbocycles. The summed E-state index contributed by atoms with van der Waals surface area (Å²) in [5.41, 5.74) is 2.54. The van der Waals surface area contributed by atoms with E-state index in [1.807, 2.05) is 41.3 Å². The number of hydrogen-bond acceptors (Lipinski definition) is 4. The fourth-order valence-corrected chi connectivity index (χ4v) is 5.64. The van der Waals surface area contributed by atoms with Crippen LogP contribution in [0.15, 0.2) is 72.8 Å². The van der Waals surface area contributed by atoms with Crippen LogP contribution in [0, 0.1) is 11.7 Å². The van der Waals surface area contributed by atoms with E-state index < -0.39 is 11.7 Å². The van der Waals surface area contributed by atoms with Crippen molar-refractivity contribution in [1.82, 2.24) is 9.80 Å². The largest absolute Gasteiger partial charge is 0.367 e. The minimum absolute atomic E-state index is 0.0660. The zero-order valence-corrected chi connectivity index (χ0v) is 22.8. The lowest BCUT2D eigenvalue weighted by Gasteiger charge is -2.38. The molecule has 0 bridgehead atoms. The van der Waals surface area contributed by atoms with Crippen molar-refractivity contribution in [2.24, 2.45) is 5.92 Å². The summed E-state index contributed by atoms with van der Waals surface area (Å²) >= 11 is 0. The smallest absolute Gasteiger partial charge is 0.258 e. The summed E-state index contributed by atoms with van der Waals surface area (Å²) in [4.78, 5) is 45.3. The van der Waals surface area contributed by atoms with E-state index in [9.17, 15) is 18.8 Å². The van der Waals surface area contributed by atoms with Crippen LogP contribution in [-0.2, 0) is 11.3 Å². The Bertz CT molecular complexity index is 1370. The molecule has 0 atom stereocenters. The second-order valence-electron chi connectivity index (χ2n) is 10.6. The molecule has 8 heteroatoms. The van der Waals surface area contributed by atoms with Gasteiger partial charge in [-0.1, -0.05) is 55.3 Å². The van der Waals surface area contributed by atoms with Crippen molar-refractivity contribution in [3.8, 4) is 0 Å². The third kappa shape index (κ3) is 6.17. The normalized spacial score (nSPS) is 15.7.